The Balaban J connectivity index is 1.71. The van der Waals surface area contributed by atoms with Crippen molar-refractivity contribution in [2.75, 3.05) is 23.9 Å². The summed E-state index contributed by atoms with van der Waals surface area (Å²) in [7, 11) is 3.26. The fourth-order valence-corrected chi connectivity index (χ4v) is 5.48. The maximum atomic E-state index is 13.9. The highest BCUT2D eigenvalue weighted by atomic mass is 16.2. The molecule has 6 nitrogen and oxygen atoms in total. The zero-order chi connectivity index (χ0) is 25.7. The fraction of sp³-hybridized carbons (Fsp3) is 0.267. The lowest BCUT2D eigenvalue weighted by molar-refractivity contribution is -0.124. The van der Waals surface area contributed by atoms with Crippen LogP contribution < -0.4 is 9.80 Å². The summed E-state index contributed by atoms with van der Waals surface area (Å²) in [5.74, 6) is -4.64. The monoisotopic (exact) mass is 480 g/mol. The number of amides is 2. The molecule has 2 heterocycles. The summed E-state index contributed by atoms with van der Waals surface area (Å²) in [4.78, 5) is 58.1. The van der Waals surface area contributed by atoms with Crippen LogP contribution in [0.5, 0.6) is 0 Å². The van der Waals surface area contributed by atoms with Gasteiger partial charge >= 0.3 is 0 Å². The Morgan fingerprint density at radius 1 is 0.583 bits per heavy atom. The second kappa shape index (κ2) is 8.86. The molecular weight excluding hydrogens is 452 g/mol. The van der Waals surface area contributed by atoms with Crippen LogP contribution in [0.25, 0.3) is 0 Å². The fourth-order valence-electron chi connectivity index (χ4n) is 5.48. The summed E-state index contributed by atoms with van der Waals surface area (Å²) < 4.78 is 0. The van der Waals surface area contributed by atoms with Crippen molar-refractivity contribution in [3.8, 4) is 0 Å². The predicted molar refractivity (Wildman–Crippen MR) is 139 cm³/mol. The highest BCUT2D eigenvalue weighted by Crippen LogP contribution is 2.45. The van der Waals surface area contributed by atoms with E-state index < -0.39 is 29.6 Å². The van der Waals surface area contributed by atoms with Gasteiger partial charge in [-0.3, -0.25) is 19.2 Å². The average Bonchev–Trinajstić information content (AvgIpc) is 2.90. The smallest absolute Gasteiger partial charge is 0.238 e. The molecule has 2 aliphatic heterocycles. The third-order valence-corrected chi connectivity index (χ3v) is 7.53. The molecule has 3 aromatic carbocycles. The summed E-state index contributed by atoms with van der Waals surface area (Å²) in [6.45, 7) is 4.15. The number of Topliss-reactive ketones (excluding diaryl/α,β-unsaturated/α-hetero) is 2. The number of carbonyl (C=O) groups excluding carboxylic acids is 4. The first-order valence-electron chi connectivity index (χ1n) is 12.1. The molecule has 36 heavy (non-hydrogen) atoms. The second-order valence-electron chi connectivity index (χ2n) is 9.86. The molecule has 0 saturated heterocycles. The van der Waals surface area contributed by atoms with Gasteiger partial charge in [-0.15, -0.1) is 0 Å². The van der Waals surface area contributed by atoms with Crippen LogP contribution in [0.1, 0.15) is 57.5 Å². The number of para-hydroxylation sites is 2. The Morgan fingerprint density at radius 2 is 0.972 bits per heavy atom. The highest BCUT2D eigenvalue weighted by Gasteiger charge is 2.52. The summed E-state index contributed by atoms with van der Waals surface area (Å²) in [5, 5.41) is 0. The van der Waals surface area contributed by atoms with Crippen LogP contribution in [-0.2, 0) is 9.59 Å². The number of rotatable bonds is 4. The minimum absolute atomic E-state index is 0.282. The van der Waals surface area contributed by atoms with Crippen LogP contribution in [0.15, 0.2) is 72.8 Å². The lowest BCUT2D eigenvalue weighted by Gasteiger charge is -2.40. The molecule has 0 radical (unpaired) electrons. The van der Waals surface area contributed by atoms with E-state index in [2.05, 4.69) is 13.8 Å². The van der Waals surface area contributed by atoms with Gasteiger partial charge in [-0.2, -0.15) is 0 Å². The Labute approximate surface area is 210 Å². The molecule has 182 valence electrons. The number of anilines is 2. The van der Waals surface area contributed by atoms with E-state index in [1.54, 1.807) is 62.6 Å². The van der Waals surface area contributed by atoms with E-state index in [4.69, 9.17) is 0 Å². The Bertz CT molecular complexity index is 1310. The van der Waals surface area contributed by atoms with Gasteiger partial charge in [0.05, 0.1) is 11.4 Å². The van der Waals surface area contributed by atoms with Crippen LogP contribution in [0.3, 0.4) is 0 Å². The summed E-state index contributed by atoms with van der Waals surface area (Å²) in [6, 6.07) is 21.5. The predicted octanol–water partition coefficient (Wildman–Crippen LogP) is 4.84. The standard InChI is InChI=1S/C30H28N2O4/c1-17(2)18-13-15-19(16-14-18)24(25-27(33)20-9-5-7-11-22(20)31(3)29(25)35)26-28(34)21-10-6-8-12-23(21)32(4)30(26)36/h5-17,24-26H,1-4H3/t25-,26-/m1/s1. The SMILES string of the molecule is CC(C)c1ccc(C([C@@H]2C(=O)c3ccccc3N(C)C2=O)[C@@H]2C(=O)c3ccccc3N(C)C2=O)cc1. The quantitative estimate of drug-likeness (QED) is 0.501. The van der Waals surface area contributed by atoms with Gasteiger partial charge in [-0.05, 0) is 41.3 Å². The Morgan fingerprint density at radius 3 is 1.39 bits per heavy atom. The number of carbonyl (C=O) groups is 4. The van der Waals surface area contributed by atoms with Crippen LogP contribution in [-0.4, -0.2) is 37.5 Å². The number of benzene rings is 3. The van der Waals surface area contributed by atoms with Gasteiger partial charge in [0.15, 0.2) is 11.6 Å². The minimum Gasteiger partial charge on any atom is -0.314 e. The number of hydrogen-bond acceptors (Lipinski definition) is 4. The van der Waals surface area contributed by atoms with E-state index in [0.29, 0.717) is 28.1 Å². The van der Waals surface area contributed by atoms with E-state index in [0.717, 1.165) is 5.56 Å². The molecule has 0 aromatic heterocycles. The van der Waals surface area contributed by atoms with Gasteiger partial charge in [0.25, 0.3) is 0 Å². The number of hydrogen-bond donors (Lipinski definition) is 0. The maximum Gasteiger partial charge on any atom is 0.238 e. The van der Waals surface area contributed by atoms with Gasteiger partial charge in [0.2, 0.25) is 11.8 Å². The second-order valence-corrected chi connectivity index (χ2v) is 9.86. The molecule has 6 heteroatoms. The van der Waals surface area contributed by atoms with Crippen molar-refractivity contribution in [2.24, 2.45) is 11.8 Å². The maximum absolute atomic E-state index is 13.9. The molecule has 5 rings (SSSR count). The molecule has 2 atom stereocenters. The summed E-state index contributed by atoms with van der Waals surface area (Å²) in [5.41, 5.74) is 3.60. The number of fused-ring (bicyclic) bond motifs is 2. The number of ketones is 2. The van der Waals surface area contributed by atoms with E-state index >= 15 is 0 Å². The van der Waals surface area contributed by atoms with Crippen molar-refractivity contribution < 1.29 is 19.2 Å². The van der Waals surface area contributed by atoms with Crippen molar-refractivity contribution in [1.82, 2.24) is 0 Å². The van der Waals surface area contributed by atoms with Crippen molar-refractivity contribution in [2.45, 2.75) is 25.7 Å². The van der Waals surface area contributed by atoms with Crippen molar-refractivity contribution in [3.05, 3.63) is 95.1 Å². The van der Waals surface area contributed by atoms with E-state index in [1.807, 2.05) is 24.3 Å². The number of nitrogens with zero attached hydrogens (tertiary/aromatic N) is 2. The summed E-state index contributed by atoms with van der Waals surface area (Å²) in [6.07, 6.45) is 0. The minimum atomic E-state index is -1.20. The zero-order valence-corrected chi connectivity index (χ0v) is 20.8. The van der Waals surface area contributed by atoms with E-state index in [1.165, 1.54) is 9.80 Å². The van der Waals surface area contributed by atoms with Gasteiger partial charge in [-0.25, -0.2) is 0 Å². The molecule has 3 aromatic rings. The van der Waals surface area contributed by atoms with Gasteiger partial charge in [-0.1, -0.05) is 62.4 Å². The molecule has 0 fully saturated rings. The molecule has 0 aliphatic carbocycles. The topological polar surface area (TPSA) is 74.8 Å². The first kappa shape index (κ1) is 23.7. The van der Waals surface area contributed by atoms with Crippen LogP contribution >= 0.6 is 0 Å². The van der Waals surface area contributed by atoms with Crippen LogP contribution in [0.4, 0.5) is 11.4 Å². The van der Waals surface area contributed by atoms with E-state index in [9.17, 15) is 19.2 Å². The molecule has 0 unspecified atom stereocenters. The molecule has 0 spiro atoms. The van der Waals surface area contributed by atoms with Gasteiger partial charge in [0.1, 0.15) is 11.8 Å². The normalized spacial score (nSPS) is 19.7. The lowest BCUT2D eigenvalue weighted by atomic mass is 9.68. The first-order valence-corrected chi connectivity index (χ1v) is 12.1. The molecule has 0 saturated carbocycles. The Hall–Kier alpha value is -4.06. The molecule has 0 N–H and O–H groups in total. The molecule has 2 amide bonds. The molecule has 2 aliphatic rings. The third-order valence-electron chi connectivity index (χ3n) is 7.53. The first-order chi connectivity index (χ1) is 17.2. The summed E-state index contributed by atoms with van der Waals surface area (Å²) >= 11 is 0. The Kier molecular flexibility index (Phi) is 5.83. The third kappa shape index (κ3) is 3.56. The zero-order valence-electron chi connectivity index (χ0n) is 20.8. The lowest BCUT2D eigenvalue weighted by Crippen LogP contribution is -2.52. The van der Waals surface area contributed by atoms with Crippen molar-refractivity contribution in [1.29, 1.82) is 0 Å². The highest BCUT2D eigenvalue weighted by molar-refractivity contribution is 6.25. The average molecular weight is 481 g/mol. The van der Waals surface area contributed by atoms with Crippen molar-refractivity contribution in [3.63, 3.8) is 0 Å². The largest absolute Gasteiger partial charge is 0.314 e. The van der Waals surface area contributed by atoms with Crippen LogP contribution in [0.2, 0.25) is 0 Å². The molecular formula is C30H28N2O4. The molecule has 0 bridgehead atoms. The van der Waals surface area contributed by atoms with Crippen molar-refractivity contribution >= 4 is 34.8 Å². The van der Waals surface area contributed by atoms with Gasteiger partial charge in [0, 0.05) is 31.1 Å². The van der Waals surface area contributed by atoms with Crippen LogP contribution in [0, 0.1) is 11.8 Å². The van der Waals surface area contributed by atoms with Gasteiger partial charge < -0.3 is 9.80 Å². The van der Waals surface area contributed by atoms with E-state index in [-0.39, 0.29) is 17.5 Å².